The molecule has 0 aliphatic carbocycles. The second-order valence-electron chi connectivity index (χ2n) is 6.35. The second kappa shape index (κ2) is 6.08. The summed E-state index contributed by atoms with van der Waals surface area (Å²) in [4.78, 5) is 28.2. The molecule has 0 aromatic heterocycles. The zero-order valence-corrected chi connectivity index (χ0v) is 13.3. The van der Waals surface area contributed by atoms with Crippen LogP contribution in [0.4, 0.5) is 5.69 Å². The first-order valence-electron chi connectivity index (χ1n) is 7.95. The molecule has 0 spiro atoms. The number of benzene rings is 1. The summed E-state index contributed by atoms with van der Waals surface area (Å²) in [5.74, 6) is 0.209. The van der Waals surface area contributed by atoms with E-state index in [-0.39, 0.29) is 11.8 Å². The molecule has 22 heavy (non-hydrogen) atoms. The predicted molar refractivity (Wildman–Crippen MR) is 86.3 cm³/mol. The normalized spacial score (nSPS) is 16.1. The number of rotatable bonds is 5. The van der Waals surface area contributed by atoms with Gasteiger partial charge in [0, 0.05) is 25.1 Å². The summed E-state index contributed by atoms with van der Waals surface area (Å²) >= 11 is 0. The van der Waals surface area contributed by atoms with Crippen molar-refractivity contribution in [2.24, 2.45) is 0 Å². The maximum absolute atomic E-state index is 12.3. The Morgan fingerprint density at radius 2 is 1.95 bits per heavy atom. The number of hydrogen-bond donors (Lipinski definition) is 1. The van der Waals surface area contributed by atoms with Gasteiger partial charge in [-0.05, 0) is 63.2 Å². The van der Waals surface area contributed by atoms with Crippen LogP contribution >= 0.6 is 0 Å². The Balaban J connectivity index is 1.71. The SMILES string of the molecule is CN(C)CCCNC(=O)c1cc2c3c(c1)CCN3C(=O)CC2. The summed E-state index contributed by atoms with van der Waals surface area (Å²) in [6, 6.07) is 3.92. The number of anilines is 1. The Hall–Kier alpha value is -1.88. The molecule has 2 heterocycles. The lowest BCUT2D eigenvalue weighted by atomic mass is 9.96. The molecule has 1 aromatic carbocycles. The van der Waals surface area contributed by atoms with Gasteiger partial charge in [0.1, 0.15) is 0 Å². The molecule has 0 radical (unpaired) electrons. The van der Waals surface area contributed by atoms with Crippen LogP contribution in [-0.4, -0.2) is 50.4 Å². The van der Waals surface area contributed by atoms with E-state index < -0.39 is 0 Å². The van der Waals surface area contributed by atoms with Gasteiger partial charge in [0.25, 0.3) is 5.91 Å². The molecule has 5 heteroatoms. The maximum atomic E-state index is 12.3. The molecule has 1 N–H and O–H groups in total. The Bertz CT molecular complexity index is 610. The van der Waals surface area contributed by atoms with Crippen molar-refractivity contribution in [1.82, 2.24) is 10.2 Å². The van der Waals surface area contributed by atoms with Gasteiger partial charge in [-0.15, -0.1) is 0 Å². The topological polar surface area (TPSA) is 52.7 Å². The minimum atomic E-state index is -0.00634. The molecule has 0 saturated heterocycles. The number of carbonyl (C=O) groups excluding carboxylic acids is 2. The molecule has 0 atom stereocenters. The van der Waals surface area contributed by atoms with Crippen LogP contribution in [0.1, 0.15) is 34.3 Å². The van der Waals surface area contributed by atoms with Crippen molar-refractivity contribution < 1.29 is 9.59 Å². The van der Waals surface area contributed by atoms with Crippen LogP contribution in [0.2, 0.25) is 0 Å². The van der Waals surface area contributed by atoms with Crippen LogP contribution in [0.5, 0.6) is 0 Å². The van der Waals surface area contributed by atoms with Gasteiger partial charge in [-0.1, -0.05) is 0 Å². The fourth-order valence-corrected chi connectivity index (χ4v) is 3.29. The molecule has 1 aromatic rings. The highest BCUT2D eigenvalue weighted by molar-refractivity contribution is 6.01. The van der Waals surface area contributed by atoms with Crippen molar-refractivity contribution in [3.05, 3.63) is 28.8 Å². The Morgan fingerprint density at radius 1 is 1.23 bits per heavy atom. The van der Waals surface area contributed by atoms with Crippen LogP contribution in [-0.2, 0) is 17.6 Å². The number of nitrogens with zero attached hydrogens (tertiary/aromatic N) is 2. The molecule has 2 aliphatic heterocycles. The van der Waals surface area contributed by atoms with E-state index in [4.69, 9.17) is 0 Å². The third-order valence-corrected chi connectivity index (χ3v) is 4.38. The van der Waals surface area contributed by atoms with Gasteiger partial charge in [0.2, 0.25) is 5.91 Å². The molecular weight excluding hydrogens is 278 g/mol. The van der Waals surface area contributed by atoms with Gasteiger partial charge in [-0.2, -0.15) is 0 Å². The van der Waals surface area contributed by atoms with E-state index >= 15 is 0 Å². The van der Waals surface area contributed by atoms with E-state index in [0.717, 1.165) is 54.7 Å². The first-order valence-corrected chi connectivity index (χ1v) is 7.95. The van der Waals surface area contributed by atoms with Gasteiger partial charge in [-0.3, -0.25) is 9.59 Å². The quantitative estimate of drug-likeness (QED) is 0.832. The fraction of sp³-hybridized carbons (Fsp3) is 0.529. The molecule has 3 rings (SSSR count). The Labute approximate surface area is 131 Å². The summed E-state index contributed by atoms with van der Waals surface area (Å²) in [6.45, 7) is 2.41. The van der Waals surface area contributed by atoms with Gasteiger partial charge in [-0.25, -0.2) is 0 Å². The van der Waals surface area contributed by atoms with Crippen LogP contribution in [0.3, 0.4) is 0 Å². The number of aryl methyl sites for hydroxylation is 1. The van der Waals surface area contributed by atoms with Crippen molar-refractivity contribution in [2.75, 3.05) is 38.6 Å². The van der Waals surface area contributed by atoms with Crippen molar-refractivity contribution >= 4 is 17.5 Å². The number of carbonyl (C=O) groups is 2. The van der Waals surface area contributed by atoms with E-state index in [1.807, 2.05) is 31.1 Å². The van der Waals surface area contributed by atoms with Crippen molar-refractivity contribution in [2.45, 2.75) is 25.7 Å². The highest BCUT2D eigenvalue weighted by atomic mass is 16.2. The highest BCUT2D eigenvalue weighted by Crippen LogP contribution is 2.37. The summed E-state index contributed by atoms with van der Waals surface area (Å²) < 4.78 is 0. The molecule has 5 nitrogen and oxygen atoms in total. The fourth-order valence-electron chi connectivity index (χ4n) is 3.29. The van der Waals surface area contributed by atoms with Crippen molar-refractivity contribution in [3.63, 3.8) is 0 Å². The third-order valence-electron chi connectivity index (χ3n) is 4.38. The minimum absolute atomic E-state index is 0.00634. The molecule has 0 bridgehead atoms. The third kappa shape index (κ3) is 2.86. The van der Waals surface area contributed by atoms with Gasteiger partial charge in [0.05, 0.1) is 5.69 Å². The molecule has 2 amide bonds. The Morgan fingerprint density at radius 3 is 2.68 bits per heavy atom. The van der Waals surface area contributed by atoms with Gasteiger partial charge in [0.15, 0.2) is 0 Å². The number of nitrogens with one attached hydrogen (secondary N) is 1. The van der Waals surface area contributed by atoms with Gasteiger partial charge < -0.3 is 15.1 Å². The van der Waals surface area contributed by atoms with E-state index in [0.29, 0.717) is 13.0 Å². The first kappa shape index (κ1) is 15.0. The van der Waals surface area contributed by atoms with Crippen LogP contribution in [0, 0.1) is 0 Å². The van der Waals surface area contributed by atoms with E-state index in [2.05, 4.69) is 10.2 Å². The lowest BCUT2D eigenvalue weighted by Crippen LogP contribution is -2.33. The molecule has 2 aliphatic rings. The van der Waals surface area contributed by atoms with E-state index in [1.54, 1.807) is 0 Å². The van der Waals surface area contributed by atoms with Crippen molar-refractivity contribution in [1.29, 1.82) is 0 Å². The lowest BCUT2D eigenvalue weighted by Gasteiger charge is -2.25. The highest BCUT2D eigenvalue weighted by Gasteiger charge is 2.31. The minimum Gasteiger partial charge on any atom is -0.352 e. The maximum Gasteiger partial charge on any atom is 0.251 e. The number of hydrogen-bond acceptors (Lipinski definition) is 3. The lowest BCUT2D eigenvalue weighted by molar-refractivity contribution is -0.118. The monoisotopic (exact) mass is 301 g/mol. The predicted octanol–water partition coefficient (Wildman–Crippen LogP) is 1.20. The standard InChI is InChI=1S/C17H23N3O2/c1-19(2)8-3-7-18-17(22)14-10-12-4-5-15(21)20-9-6-13(11-14)16(12)20/h10-11H,3-9H2,1-2H3,(H,18,22). The number of amides is 2. The first-order chi connectivity index (χ1) is 10.6. The van der Waals surface area contributed by atoms with E-state index in [9.17, 15) is 9.59 Å². The summed E-state index contributed by atoms with van der Waals surface area (Å²) in [7, 11) is 4.06. The summed E-state index contributed by atoms with van der Waals surface area (Å²) in [6.07, 6.45) is 3.11. The average molecular weight is 301 g/mol. The molecule has 0 unspecified atom stereocenters. The summed E-state index contributed by atoms with van der Waals surface area (Å²) in [5.41, 5.74) is 4.09. The Kier molecular flexibility index (Phi) is 4.16. The molecule has 0 fully saturated rings. The largest absolute Gasteiger partial charge is 0.352 e. The smallest absolute Gasteiger partial charge is 0.251 e. The zero-order chi connectivity index (χ0) is 15.7. The zero-order valence-electron chi connectivity index (χ0n) is 13.3. The van der Waals surface area contributed by atoms with Gasteiger partial charge >= 0.3 is 0 Å². The second-order valence-corrected chi connectivity index (χ2v) is 6.35. The van der Waals surface area contributed by atoms with E-state index in [1.165, 1.54) is 0 Å². The van der Waals surface area contributed by atoms with Crippen LogP contribution < -0.4 is 10.2 Å². The van der Waals surface area contributed by atoms with Crippen LogP contribution in [0.15, 0.2) is 12.1 Å². The molecule has 0 saturated carbocycles. The molecule has 118 valence electrons. The van der Waals surface area contributed by atoms with Crippen molar-refractivity contribution in [3.8, 4) is 0 Å². The average Bonchev–Trinajstić information content (AvgIpc) is 2.92. The summed E-state index contributed by atoms with van der Waals surface area (Å²) in [5, 5.41) is 2.99. The van der Waals surface area contributed by atoms with Crippen LogP contribution in [0.25, 0.3) is 0 Å². The molecular formula is C17H23N3O2.